The molecule has 1 rings (SSSR count). The first-order valence-electron chi connectivity index (χ1n) is 4.31. The van der Waals surface area contributed by atoms with Gasteiger partial charge in [0.15, 0.2) is 11.6 Å². The number of ketones is 1. The van der Waals surface area contributed by atoms with Crippen LogP contribution in [0, 0.1) is 0 Å². The van der Waals surface area contributed by atoms with Gasteiger partial charge >= 0.3 is 0 Å². The summed E-state index contributed by atoms with van der Waals surface area (Å²) in [4.78, 5) is 27.8. The molecule has 0 atom stereocenters. The molecular formula is C9H12N2O2. The second kappa shape index (κ2) is 5.24. The van der Waals surface area contributed by atoms with Gasteiger partial charge in [0.05, 0.1) is 0 Å². The first-order valence-corrected chi connectivity index (χ1v) is 4.31. The Morgan fingerprint density at radius 1 is 1.54 bits per heavy atom. The van der Waals surface area contributed by atoms with E-state index in [1.807, 2.05) is 0 Å². The number of unbranched alkanes of at least 4 members (excludes halogenated alkanes) is 2. The summed E-state index contributed by atoms with van der Waals surface area (Å²) in [6, 6.07) is 0. The molecule has 0 aliphatic heterocycles. The highest BCUT2D eigenvalue weighted by Gasteiger charge is 2.06. The lowest BCUT2D eigenvalue weighted by atomic mass is 10.1. The SMILES string of the molecule is O=CCCCCC(=O)c1ncc[nH]1. The molecular weight excluding hydrogens is 168 g/mol. The lowest BCUT2D eigenvalue weighted by Gasteiger charge is -1.94. The Hall–Kier alpha value is -1.45. The van der Waals surface area contributed by atoms with Crippen molar-refractivity contribution in [3.8, 4) is 0 Å². The van der Waals surface area contributed by atoms with Gasteiger partial charge in [-0.05, 0) is 12.8 Å². The van der Waals surface area contributed by atoms with Crippen LogP contribution < -0.4 is 0 Å². The summed E-state index contributed by atoms with van der Waals surface area (Å²) in [5, 5.41) is 0. The van der Waals surface area contributed by atoms with Crippen LogP contribution in [0.5, 0.6) is 0 Å². The summed E-state index contributed by atoms with van der Waals surface area (Å²) in [5.74, 6) is 0.419. The maximum Gasteiger partial charge on any atom is 0.198 e. The fourth-order valence-electron chi connectivity index (χ4n) is 1.05. The van der Waals surface area contributed by atoms with E-state index < -0.39 is 0 Å². The number of nitrogens with one attached hydrogen (secondary N) is 1. The molecule has 1 N–H and O–H groups in total. The third-order valence-corrected chi connectivity index (χ3v) is 1.74. The maximum atomic E-state index is 11.3. The molecule has 4 heteroatoms. The van der Waals surface area contributed by atoms with Crippen molar-refractivity contribution in [2.24, 2.45) is 0 Å². The molecule has 1 aromatic rings. The van der Waals surface area contributed by atoms with Crippen LogP contribution in [-0.4, -0.2) is 22.0 Å². The monoisotopic (exact) mass is 180 g/mol. The average Bonchev–Trinajstić information content (AvgIpc) is 2.65. The molecule has 0 fully saturated rings. The second-order valence-electron chi connectivity index (χ2n) is 2.77. The van der Waals surface area contributed by atoms with Crippen molar-refractivity contribution >= 4 is 12.1 Å². The van der Waals surface area contributed by atoms with Crippen molar-refractivity contribution in [3.63, 3.8) is 0 Å². The van der Waals surface area contributed by atoms with Gasteiger partial charge in [0.1, 0.15) is 6.29 Å². The van der Waals surface area contributed by atoms with Crippen LogP contribution in [0.4, 0.5) is 0 Å². The Kier molecular flexibility index (Phi) is 3.88. The van der Waals surface area contributed by atoms with Gasteiger partial charge in [0, 0.05) is 25.2 Å². The maximum absolute atomic E-state index is 11.3. The second-order valence-corrected chi connectivity index (χ2v) is 2.77. The number of Topliss-reactive ketones (excluding diaryl/α,β-unsaturated/α-hetero) is 1. The number of rotatable bonds is 6. The molecule has 0 aliphatic carbocycles. The number of carbonyl (C=O) groups is 2. The van der Waals surface area contributed by atoms with Crippen molar-refractivity contribution in [2.75, 3.05) is 0 Å². The Morgan fingerprint density at radius 3 is 3.00 bits per heavy atom. The zero-order valence-electron chi connectivity index (χ0n) is 7.32. The van der Waals surface area contributed by atoms with Crippen molar-refractivity contribution in [3.05, 3.63) is 18.2 Å². The van der Waals surface area contributed by atoms with Gasteiger partial charge < -0.3 is 9.78 Å². The Labute approximate surface area is 76.4 Å². The number of aldehydes is 1. The highest BCUT2D eigenvalue weighted by molar-refractivity contribution is 5.92. The van der Waals surface area contributed by atoms with E-state index in [9.17, 15) is 9.59 Å². The van der Waals surface area contributed by atoms with Gasteiger partial charge in [-0.15, -0.1) is 0 Å². The topological polar surface area (TPSA) is 62.8 Å². The Morgan fingerprint density at radius 2 is 2.38 bits per heavy atom. The first kappa shape index (κ1) is 9.64. The number of H-pyrrole nitrogens is 1. The van der Waals surface area contributed by atoms with Gasteiger partial charge in [-0.2, -0.15) is 0 Å². The average molecular weight is 180 g/mol. The van der Waals surface area contributed by atoms with Gasteiger partial charge in [-0.1, -0.05) is 0 Å². The molecule has 1 heterocycles. The predicted octanol–water partition coefficient (Wildman–Crippen LogP) is 1.35. The predicted molar refractivity (Wildman–Crippen MR) is 47.5 cm³/mol. The standard InChI is InChI=1S/C9H12N2O2/c12-7-3-1-2-4-8(13)9-10-5-6-11-9/h5-7H,1-4H2,(H,10,11). The molecule has 1 aromatic heterocycles. The molecule has 0 saturated heterocycles. The minimum Gasteiger partial charge on any atom is -0.342 e. The number of hydrogen-bond acceptors (Lipinski definition) is 3. The molecule has 0 unspecified atom stereocenters. The van der Waals surface area contributed by atoms with Gasteiger partial charge in [-0.25, -0.2) is 4.98 Å². The van der Waals surface area contributed by atoms with Crippen molar-refractivity contribution in [2.45, 2.75) is 25.7 Å². The van der Waals surface area contributed by atoms with Gasteiger partial charge in [-0.3, -0.25) is 4.79 Å². The summed E-state index contributed by atoms with van der Waals surface area (Å²) in [7, 11) is 0. The summed E-state index contributed by atoms with van der Waals surface area (Å²) >= 11 is 0. The fourth-order valence-corrected chi connectivity index (χ4v) is 1.05. The van der Waals surface area contributed by atoms with E-state index in [4.69, 9.17) is 0 Å². The van der Waals surface area contributed by atoms with Gasteiger partial charge in [0.2, 0.25) is 0 Å². The van der Waals surface area contributed by atoms with Crippen LogP contribution in [0.15, 0.2) is 12.4 Å². The number of carbonyl (C=O) groups excluding carboxylic acids is 2. The fraction of sp³-hybridized carbons (Fsp3) is 0.444. The van der Waals surface area contributed by atoms with Crippen LogP contribution in [0.2, 0.25) is 0 Å². The van der Waals surface area contributed by atoms with Crippen LogP contribution in [0.25, 0.3) is 0 Å². The van der Waals surface area contributed by atoms with Crippen molar-refractivity contribution in [1.29, 1.82) is 0 Å². The normalized spacial score (nSPS) is 9.85. The lowest BCUT2D eigenvalue weighted by Crippen LogP contribution is -2.01. The third kappa shape index (κ3) is 3.19. The minimum absolute atomic E-state index is 0.0101. The number of aromatic amines is 1. The van der Waals surface area contributed by atoms with E-state index in [-0.39, 0.29) is 5.78 Å². The molecule has 0 aliphatic rings. The number of imidazole rings is 1. The first-order chi connectivity index (χ1) is 6.34. The van der Waals surface area contributed by atoms with E-state index in [1.165, 1.54) is 0 Å². The van der Waals surface area contributed by atoms with E-state index in [1.54, 1.807) is 12.4 Å². The number of hydrogen-bond donors (Lipinski definition) is 1. The molecule has 0 spiro atoms. The van der Waals surface area contributed by atoms with Crippen LogP contribution in [-0.2, 0) is 4.79 Å². The van der Waals surface area contributed by atoms with Crippen molar-refractivity contribution in [1.82, 2.24) is 9.97 Å². The summed E-state index contributed by atoms with van der Waals surface area (Å²) in [5.41, 5.74) is 0. The quantitative estimate of drug-likeness (QED) is 0.408. The number of aromatic nitrogens is 2. The lowest BCUT2D eigenvalue weighted by molar-refractivity contribution is -0.107. The van der Waals surface area contributed by atoms with E-state index in [0.29, 0.717) is 18.7 Å². The summed E-state index contributed by atoms with van der Waals surface area (Å²) in [6.07, 6.45) is 6.57. The van der Waals surface area contributed by atoms with E-state index in [2.05, 4.69) is 9.97 Å². The van der Waals surface area contributed by atoms with Crippen molar-refractivity contribution < 1.29 is 9.59 Å². The molecule has 70 valence electrons. The number of nitrogens with zero attached hydrogens (tertiary/aromatic N) is 1. The summed E-state index contributed by atoms with van der Waals surface area (Å²) < 4.78 is 0. The smallest absolute Gasteiger partial charge is 0.198 e. The zero-order valence-corrected chi connectivity index (χ0v) is 7.32. The van der Waals surface area contributed by atoms with E-state index in [0.717, 1.165) is 19.1 Å². The Bertz CT molecular complexity index is 267. The molecule has 0 saturated carbocycles. The zero-order chi connectivity index (χ0) is 9.52. The molecule has 0 amide bonds. The third-order valence-electron chi connectivity index (χ3n) is 1.74. The van der Waals surface area contributed by atoms with Crippen LogP contribution >= 0.6 is 0 Å². The minimum atomic E-state index is 0.0101. The molecule has 0 radical (unpaired) electrons. The van der Waals surface area contributed by atoms with Crippen LogP contribution in [0.1, 0.15) is 36.3 Å². The highest BCUT2D eigenvalue weighted by atomic mass is 16.1. The largest absolute Gasteiger partial charge is 0.342 e. The molecule has 4 nitrogen and oxygen atoms in total. The van der Waals surface area contributed by atoms with E-state index >= 15 is 0 Å². The molecule has 0 aromatic carbocycles. The molecule has 0 bridgehead atoms. The Balaban J connectivity index is 2.23. The van der Waals surface area contributed by atoms with Crippen LogP contribution in [0.3, 0.4) is 0 Å². The highest BCUT2D eigenvalue weighted by Crippen LogP contribution is 2.03. The van der Waals surface area contributed by atoms with Gasteiger partial charge in [0.25, 0.3) is 0 Å². The molecule has 13 heavy (non-hydrogen) atoms. The summed E-state index contributed by atoms with van der Waals surface area (Å²) in [6.45, 7) is 0.